The van der Waals surface area contributed by atoms with Crippen molar-refractivity contribution < 1.29 is 12.6 Å². The second-order valence-corrected chi connectivity index (χ2v) is 4.03. The summed E-state index contributed by atoms with van der Waals surface area (Å²) in [6.45, 7) is 4.98. The molecule has 0 aromatic heterocycles. The van der Waals surface area contributed by atoms with E-state index >= 15 is 0 Å². The molecule has 0 atom stereocenters. The summed E-state index contributed by atoms with van der Waals surface area (Å²) in [5, 5.41) is 0. The Labute approximate surface area is 61.8 Å². The lowest BCUT2D eigenvalue weighted by molar-refractivity contribution is 0.403. The van der Waals surface area contributed by atoms with Crippen LogP contribution in [-0.2, 0) is 14.3 Å². The Morgan fingerprint density at radius 2 is 1.60 bits per heavy atom. The van der Waals surface area contributed by atoms with E-state index in [1.807, 2.05) is 0 Å². The van der Waals surface area contributed by atoms with Crippen LogP contribution in [0.5, 0.6) is 0 Å². The van der Waals surface area contributed by atoms with Crippen molar-refractivity contribution in [3.05, 3.63) is 10.5 Å². The van der Waals surface area contributed by atoms with Gasteiger partial charge in [-0.3, -0.25) is 4.18 Å². The second kappa shape index (κ2) is 3.16. The van der Waals surface area contributed by atoms with Crippen LogP contribution in [0.15, 0.2) is 10.5 Å². The van der Waals surface area contributed by atoms with Gasteiger partial charge in [-0.25, -0.2) is 0 Å². The smallest absolute Gasteiger partial charge is 0.270 e. The van der Waals surface area contributed by atoms with E-state index < -0.39 is 10.1 Å². The van der Waals surface area contributed by atoms with Crippen LogP contribution in [0.4, 0.5) is 0 Å². The van der Waals surface area contributed by atoms with Gasteiger partial charge in [0.1, 0.15) is 0 Å². The minimum Gasteiger partial charge on any atom is -0.270 e. The molecule has 0 aliphatic heterocycles. The van der Waals surface area contributed by atoms with Crippen LogP contribution < -0.4 is 0 Å². The highest BCUT2D eigenvalue weighted by atomic mass is 32.2. The molecule has 0 aromatic rings. The van der Waals surface area contributed by atoms with E-state index in [1.54, 1.807) is 13.8 Å². The molecule has 0 unspecified atom stereocenters. The highest BCUT2D eigenvalue weighted by Gasteiger charge is 2.11. The molecule has 0 aromatic carbocycles. The van der Waals surface area contributed by atoms with E-state index in [0.29, 0.717) is 0 Å². The fraction of sp³-hybridized carbons (Fsp3) is 0.667. The minimum absolute atomic E-state index is 0.287. The van der Waals surface area contributed by atoms with Crippen LogP contribution in [0.2, 0.25) is 0 Å². The Balaban J connectivity index is 4.87. The first-order valence-electron chi connectivity index (χ1n) is 2.86. The van der Waals surface area contributed by atoms with Crippen LogP contribution in [0.3, 0.4) is 0 Å². The summed E-state index contributed by atoms with van der Waals surface area (Å²) < 4.78 is 26.0. The summed E-state index contributed by atoms with van der Waals surface area (Å²) in [6, 6.07) is 0. The zero-order valence-electron chi connectivity index (χ0n) is 6.63. The predicted octanol–water partition coefficient (Wildman–Crippen LogP) is 1.28. The Morgan fingerprint density at radius 1 is 1.20 bits per heavy atom. The topological polar surface area (TPSA) is 43.4 Å². The molecule has 0 saturated carbocycles. The molecular weight excluding hydrogens is 152 g/mol. The molecule has 0 amide bonds. The molecule has 0 fully saturated rings. The molecule has 0 aliphatic carbocycles. The van der Waals surface area contributed by atoms with Crippen LogP contribution >= 0.6 is 0 Å². The number of hydrogen-bond donors (Lipinski definition) is 0. The maximum absolute atomic E-state index is 10.9. The van der Waals surface area contributed by atoms with Crippen LogP contribution in [0.1, 0.15) is 20.8 Å². The maximum Gasteiger partial charge on any atom is 0.292 e. The molecule has 0 heterocycles. The fourth-order valence-corrected chi connectivity index (χ4v) is 1.12. The first kappa shape index (κ1) is 9.65. The largest absolute Gasteiger partial charge is 0.292 e. The van der Waals surface area contributed by atoms with Gasteiger partial charge in [0.2, 0.25) is 0 Å². The lowest BCUT2D eigenvalue weighted by atomic mass is 10.3. The first-order valence-corrected chi connectivity index (χ1v) is 4.27. The predicted molar refractivity (Wildman–Crippen MR) is 40.0 cm³/mol. The molecule has 0 spiro atoms. The summed E-state index contributed by atoms with van der Waals surface area (Å²) in [5.74, 6) is 0. The molecule has 0 saturated heterocycles. The number of allylic oxidation sites excluding steroid dienone is 2. The van der Waals surface area contributed by atoms with Gasteiger partial charge in [0, 0.05) is 0 Å². The normalized spacial score (nSPS) is 11.2. The lowest BCUT2D eigenvalue weighted by Gasteiger charge is -2.01. The monoisotopic (exact) mass is 164 g/mol. The number of rotatable bonds is 2. The van der Waals surface area contributed by atoms with Crippen molar-refractivity contribution >= 4 is 10.1 Å². The SMILES string of the molecule is COS(=O)(=O)C(C)=C(C)C. The zero-order chi connectivity index (χ0) is 8.36. The molecule has 0 radical (unpaired) electrons. The highest BCUT2D eigenvalue weighted by Crippen LogP contribution is 2.11. The Morgan fingerprint density at radius 3 is 1.70 bits per heavy atom. The first-order chi connectivity index (χ1) is 4.41. The molecule has 0 rings (SSSR count). The van der Waals surface area contributed by atoms with Crippen molar-refractivity contribution in [1.82, 2.24) is 0 Å². The molecule has 60 valence electrons. The van der Waals surface area contributed by atoms with Crippen LogP contribution in [0, 0.1) is 0 Å². The molecule has 0 N–H and O–H groups in total. The standard InChI is InChI=1S/C6H12O3S/c1-5(2)6(3)10(7,8)9-4/h1-4H3. The van der Waals surface area contributed by atoms with Crippen LogP contribution in [0.25, 0.3) is 0 Å². The molecule has 3 nitrogen and oxygen atoms in total. The van der Waals surface area contributed by atoms with Crippen LogP contribution in [-0.4, -0.2) is 15.5 Å². The van der Waals surface area contributed by atoms with E-state index in [9.17, 15) is 8.42 Å². The third kappa shape index (κ3) is 2.11. The quantitative estimate of drug-likeness (QED) is 0.577. The van der Waals surface area contributed by atoms with E-state index in [4.69, 9.17) is 0 Å². The number of hydrogen-bond acceptors (Lipinski definition) is 3. The van der Waals surface area contributed by atoms with E-state index in [1.165, 1.54) is 6.92 Å². The molecule has 10 heavy (non-hydrogen) atoms. The molecule has 4 heteroatoms. The maximum atomic E-state index is 10.9. The Kier molecular flexibility index (Phi) is 3.05. The van der Waals surface area contributed by atoms with E-state index in [2.05, 4.69) is 4.18 Å². The van der Waals surface area contributed by atoms with Gasteiger partial charge in [-0.1, -0.05) is 5.57 Å². The van der Waals surface area contributed by atoms with Gasteiger partial charge in [0.05, 0.1) is 12.0 Å². The average Bonchev–Trinajstić information content (AvgIpc) is 1.86. The summed E-state index contributed by atoms with van der Waals surface area (Å²) in [6.07, 6.45) is 0. The second-order valence-electron chi connectivity index (χ2n) is 2.18. The zero-order valence-corrected chi connectivity index (χ0v) is 7.45. The van der Waals surface area contributed by atoms with Crippen molar-refractivity contribution in [2.24, 2.45) is 0 Å². The molecule has 0 aliphatic rings. The summed E-state index contributed by atoms with van der Waals surface area (Å²) in [5.41, 5.74) is 0.752. The summed E-state index contributed by atoms with van der Waals surface area (Å²) in [7, 11) is -2.26. The van der Waals surface area contributed by atoms with Gasteiger partial charge in [0.15, 0.2) is 0 Å². The Hall–Kier alpha value is -0.350. The van der Waals surface area contributed by atoms with Gasteiger partial charge < -0.3 is 0 Å². The average molecular weight is 164 g/mol. The van der Waals surface area contributed by atoms with Gasteiger partial charge in [-0.15, -0.1) is 0 Å². The lowest BCUT2D eigenvalue weighted by Crippen LogP contribution is -2.04. The van der Waals surface area contributed by atoms with Gasteiger partial charge in [-0.2, -0.15) is 8.42 Å². The summed E-state index contributed by atoms with van der Waals surface area (Å²) in [4.78, 5) is 0.287. The fourth-order valence-electron chi connectivity index (χ4n) is 0.375. The Bertz CT molecular complexity index is 232. The van der Waals surface area contributed by atoms with E-state index in [-0.39, 0.29) is 4.91 Å². The van der Waals surface area contributed by atoms with Crippen molar-refractivity contribution in [3.63, 3.8) is 0 Å². The van der Waals surface area contributed by atoms with Crippen molar-refractivity contribution in [2.75, 3.05) is 7.11 Å². The molecular formula is C6H12O3S. The van der Waals surface area contributed by atoms with Crippen molar-refractivity contribution in [2.45, 2.75) is 20.8 Å². The highest BCUT2D eigenvalue weighted by molar-refractivity contribution is 7.90. The van der Waals surface area contributed by atoms with Gasteiger partial charge >= 0.3 is 0 Å². The molecule has 0 bridgehead atoms. The summed E-state index contributed by atoms with van der Waals surface area (Å²) >= 11 is 0. The van der Waals surface area contributed by atoms with E-state index in [0.717, 1.165) is 12.7 Å². The van der Waals surface area contributed by atoms with Gasteiger partial charge in [-0.05, 0) is 20.8 Å². The minimum atomic E-state index is -3.42. The van der Waals surface area contributed by atoms with Crippen molar-refractivity contribution in [1.29, 1.82) is 0 Å². The third-order valence-corrected chi connectivity index (χ3v) is 2.90. The van der Waals surface area contributed by atoms with Gasteiger partial charge in [0.25, 0.3) is 10.1 Å². The third-order valence-electron chi connectivity index (χ3n) is 1.30. The van der Waals surface area contributed by atoms with Crippen molar-refractivity contribution in [3.8, 4) is 0 Å².